The zero-order valence-electron chi connectivity index (χ0n) is 28.0. The van der Waals surface area contributed by atoms with Crippen molar-refractivity contribution in [2.45, 2.75) is 13.8 Å². The van der Waals surface area contributed by atoms with E-state index in [1.165, 1.54) is 0 Å². The van der Waals surface area contributed by atoms with Gasteiger partial charge in [-0.15, -0.1) is 0 Å². The summed E-state index contributed by atoms with van der Waals surface area (Å²) in [5, 5.41) is 0. The van der Waals surface area contributed by atoms with Gasteiger partial charge in [0.25, 0.3) is 0 Å². The van der Waals surface area contributed by atoms with Gasteiger partial charge in [-0.05, 0) is 133 Å². The molecule has 0 bridgehead atoms. The van der Waals surface area contributed by atoms with E-state index in [0.29, 0.717) is 11.5 Å². The first-order valence-electron chi connectivity index (χ1n) is 16.2. The minimum Gasteiger partial charge on any atom is -0.423 e. The van der Waals surface area contributed by atoms with Crippen LogP contribution in [0.25, 0.3) is 11.1 Å². The summed E-state index contributed by atoms with van der Waals surface area (Å²) >= 11 is 0. The Morgan fingerprint density at radius 2 is 0.820 bits per heavy atom. The number of ether oxygens (including phenoxy) is 2. The second-order valence-corrected chi connectivity index (χ2v) is 11.6. The molecule has 6 rings (SSSR count). The number of anilines is 6. The summed E-state index contributed by atoms with van der Waals surface area (Å²) in [4.78, 5) is 27.8. The predicted octanol–water partition coefficient (Wildman–Crippen LogP) is 11.1. The topological polar surface area (TPSA) is 59.1 Å². The summed E-state index contributed by atoms with van der Waals surface area (Å²) in [5.41, 5.74) is 10.3. The van der Waals surface area contributed by atoms with Crippen LogP contribution in [0.15, 0.2) is 171 Å². The van der Waals surface area contributed by atoms with E-state index in [1.807, 2.05) is 60.7 Å². The third-order valence-corrected chi connectivity index (χ3v) is 8.20. The number of nitrogens with zero attached hydrogens (tertiary/aromatic N) is 2. The molecule has 0 amide bonds. The SMILES string of the molecule is C=CC(=O)Oc1ccc(N(c2ccccc2)c2ccc(-c3ccc(N(c4ccccc4)c4ccc(OC(=O)C=C)cc4)c(C)c3)cc2C)cc1. The molecule has 0 saturated heterocycles. The first-order valence-corrected chi connectivity index (χ1v) is 16.2. The predicted molar refractivity (Wildman–Crippen MR) is 202 cm³/mol. The molecule has 0 radical (unpaired) electrons. The monoisotopic (exact) mass is 656 g/mol. The summed E-state index contributed by atoms with van der Waals surface area (Å²) in [6.07, 6.45) is 2.29. The van der Waals surface area contributed by atoms with Gasteiger partial charge in [0, 0.05) is 46.3 Å². The fourth-order valence-electron chi connectivity index (χ4n) is 5.82. The molecule has 0 spiro atoms. The average Bonchev–Trinajstić information content (AvgIpc) is 3.15. The first kappa shape index (κ1) is 33.2. The highest BCUT2D eigenvalue weighted by molar-refractivity contribution is 5.86. The number of esters is 2. The molecule has 0 saturated carbocycles. The van der Waals surface area contributed by atoms with Gasteiger partial charge >= 0.3 is 11.9 Å². The number of carbonyl (C=O) groups is 2. The largest absolute Gasteiger partial charge is 0.423 e. The molecule has 6 heteroatoms. The van der Waals surface area contributed by atoms with Crippen LogP contribution < -0.4 is 19.3 Å². The molecule has 246 valence electrons. The molecule has 0 N–H and O–H groups in total. The lowest BCUT2D eigenvalue weighted by atomic mass is 9.98. The highest BCUT2D eigenvalue weighted by Gasteiger charge is 2.18. The van der Waals surface area contributed by atoms with E-state index in [0.717, 1.165) is 68.5 Å². The van der Waals surface area contributed by atoms with Crippen LogP contribution in [0.1, 0.15) is 11.1 Å². The highest BCUT2D eigenvalue weighted by Crippen LogP contribution is 2.41. The number of aryl methyl sites for hydroxylation is 2. The van der Waals surface area contributed by atoms with Crippen LogP contribution in [0, 0.1) is 13.8 Å². The summed E-state index contributed by atoms with van der Waals surface area (Å²) < 4.78 is 10.6. The standard InChI is InChI=1S/C44H36N2O4/c1-5-43(47)49-39-23-19-37(20-24-39)45(35-13-9-7-10-14-35)41-27-17-33(29-31(41)3)34-18-28-42(32(4)30-34)46(36-15-11-8-12-16-36)38-21-25-40(26-22-38)50-44(48)6-2/h5-30H,1-2H2,3-4H3. The van der Waals surface area contributed by atoms with Crippen molar-refractivity contribution in [3.05, 3.63) is 182 Å². The van der Waals surface area contributed by atoms with Crippen molar-refractivity contribution in [2.24, 2.45) is 0 Å². The Labute approximate surface area is 292 Å². The van der Waals surface area contributed by atoms with Gasteiger partial charge in [0.05, 0.1) is 0 Å². The normalized spacial score (nSPS) is 10.5. The van der Waals surface area contributed by atoms with E-state index < -0.39 is 11.9 Å². The maximum absolute atomic E-state index is 11.7. The van der Waals surface area contributed by atoms with E-state index >= 15 is 0 Å². The fourth-order valence-corrected chi connectivity index (χ4v) is 5.82. The molecule has 0 unspecified atom stereocenters. The number of hydrogen-bond acceptors (Lipinski definition) is 6. The van der Waals surface area contributed by atoms with E-state index in [1.54, 1.807) is 24.3 Å². The van der Waals surface area contributed by atoms with E-state index in [4.69, 9.17) is 9.47 Å². The van der Waals surface area contributed by atoms with Crippen LogP contribution in [-0.4, -0.2) is 11.9 Å². The van der Waals surface area contributed by atoms with Crippen molar-refractivity contribution in [3.63, 3.8) is 0 Å². The zero-order chi connectivity index (χ0) is 35.0. The van der Waals surface area contributed by atoms with Crippen LogP contribution in [0.3, 0.4) is 0 Å². The molecule has 6 nitrogen and oxygen atoms in total. The Balaban J connectivity index is 1.33. The maximum Gasteiger partial charge on any atom is 0.335 e. The summed E-state index contributed by atoms with van der Waals surface area (Å²) in [6.45, 7) is 11.2. The molecular weight excluding hydrogens is 620 g/mol. The minimum absolute atomic E-state index is 0.453. The van der Waals surface area contributed by atoms with Crippen molar-refractivity contribution in [1.29, 1.82) is 0 Å². The molecule has 50 heavy (non-hydrogen) atoms. The van der Waals surface area contributed by atoms with Crippen molar-refractivity contribution in [2.75, 3.05) is 9.80 Å². The van der Waals surface area contributed by atoms with Gasteiger partial charge in [-0.2, -0.15) is 0 Å². The lowest BCUT2D eigenvalue weighted by molar-refractivity contribution is -0.129. The minimum atomic E-state index is -0.498. The third-order valence-electron chi connectivity index (χ3n) is 8.20. The van der Waals surface area contributed by atoms with E-state index in [-0.39, 0.29) is 0 Å². The Hall–Kier alpha value is -6.66. The quantitative estimate of drug-likeness (QED) is 0.0786. The van der Waals surface area contributed by atoms with Gasteiger partial charge < -0.3 is 19.3 Å². The average molecular weight is 657 g/mol. The lowest BCUT2D eigenvalue weighted by Crippen LogP contribution is -2.12. The molecule has 0 fully saturated rings. The van der Waals surface area contributed by atoms with E-state index in [2.05, 4.69) is 97.5 Å². The molecule has 0 aliphatic carbocycles. The summed E-state index contributed by atoms with van der Waals surface area (Å²) in [5.74, 6) is -0.0890. The van der Waals surface area contributed by atoms with Crippen molar-refractivity contribution < 1.29 is 19.1 Å². The van der Waals surface area contributed by atoms with E-state index in [9.17, 15) is 9.59 Å². The molecule has 0 aromatic heterocycles. The summed E-state index contributed by atoms with van der Waals surface area (Å²) in [6, 6.07) is 48.2. The Kier molecular flexibility index (Phi) is 10.0. The fraction of sp³-hybridized carbons (Fsp3) is 0.0455. The van der Waals surface area contributed by atoms with Gasteiger partial charge in [-0.1, -0.05) is 61.7 Å². The van der Waals surface area contributed by atoms with Crippen molar-refractivity contribution >= 4 is 46.1 Å². The second-order valence-electron chi connectivity index (χ2n) is 11.6. The van der Waals surface area contributed by atoms with Gasteiger partial charge in [-0.25, -0.2) is 9.59 Å². The molecule has 6 aromatic carbocycles. The van der Waals surface area contributed by atoms with Crippen LogP contribution in [0.4, 0.5) is 34.1 Å². The molecule has 6 aromatic rings. The molecule has 0 aliphatic heterocycles. The van der Waals surface area contributed by atoms with Crippen molar-refractivity contribution in [3.8, 4) is 22.6 Å². The van der Waals surface area contributed by atoms with Gasteiger partial charge in [0.2, 0.25) is 0 Å². The number of para-hydroxylation sites is 2. The number of carbonyl (C=O) groups excluding carboxylic acids is 2. The second kappa shape index (κ2) is 15.0. The molecule has 0 aliphatic rings. The molecular formula is C44H36N2O4. The van der Waals surface area contributed by atoms with Gasteiger partial charge in [-0.3, -0.25) is 0 Å². The van der Waals surface area contributed by atoms with Crippen LogP contribution >= 0.6 is 0 Å². The van der Waals surface area contributed by atoms with Crippen LogP contribution in [-0.2, 0) is 9.59 Å². The lowest BCUT2D eigenvalue weighted by Gasteiger charge is -2.28. The van der Waals surface area contributed by atoms with Crippen molar-refractivity contribution in [1.82, 2.24) is 0 Å². The molecule has 0 atom stereocenters. The van der Waals surface area contributed by atoms with Gasteiger partial charge in [0.15, 0.2) is 0 Å². The van der Waals surface area contributed by atoms with Gasteiger partial charge in [0.1, 0.15) is 11.5 Å². The number of benzene rings is 6. The Morgan fingerprint density at radius 1 is 0.480 bits per heavy atom. The third kappa shape index (κ3) is 7.40. The number of rotatable bonds is 11. The summed E-state index contributed by atoms with van der Waals surface area (Å²) in [7, 11) is 0. The smallest absolute Gasteiger partial charge is 0.335 e. The Morgan fingerprint density at radius 3 is 1.14 bits per heavy atom. The molecule has 0 heterocycles. The highest BCUT2D eigenvalue weighted by atomic mass is 16.5. The van der Waals surface area contributed by atoms with Crippen LogP contribution in [0.5, 0.6) is 11.5 Å². The number of hydrogen-bond donors (Lipinski definition) is 0. The first-order chi connectivity index (χ1) is 24.3. The Bertz CT molecular complexity index is 1990. The zero-order valence-corrected chi connectivity index (χ0v) is 28.0. The maximum atomic E-state index is 11.7. The van der Waals surface area contributed by atoms with Crippen LogP contribution in [0.2, 0.25) is 0 Å².